The first-order chi connectivity index (χ1) is 7.61. The van der Waals surface area contributed by atoms with Gasteiger partial charge in [-0.2, -0.15) is 0 Å². The van der Waals surface area contributed by atoms with Crippen molar-refractivity contribution >= 4 is 18.9 Å². The predicted molar refractivity (Wildman–Crippen MR) is 68.0 cm³/mol. The second-order valence-corrected chi connectivity index (χ2v) is 3.31. The monoisotopic (exact) mass is 214 g/mol. The summed E-state index contributed by atoms with van der Waals surface area (Å²) in [5.74, 6) is 0.525. The lowest BCUT2D eigenvalue weighted by atomic mass is 10.1. The Hall–Kier alpha value is -1.58. The van der Waals surface area contributed by atoms with Gasteiger partial charge in [0.05, 0.1) is 16.7 Å². The van der Waals surface area contributed by atoms with Gasteiger partial charge in [0.1, 0.15) is 0 Å². The second kappa shape index (κ2) is 4.97. The summed E-state index contributed by atoms with van der Waals surface area (Å²) in [4.78, 5) is 16.0. The van der Waals surface area contributed by atoms with E-state index in [1.165, 1.54) is 0 Å². The number of aryl methyl sites for hydroxylation is 2. The average Bonchev–Trinajstić information content (AvgIpc) is 2.31. The molecule has 1 aromatic carbocycles. The molecule has 0 unspecified atom stereocenters. The highest BCUT2D eigenvalue weighted by atomic mass is 16.1. The molecule has 1 aromatic heterocycles. The van der Waals surface area contributed by atoms with E-state index < -0.39 is 0 Å². The first-order valence-electron chi connectivity index (χ1n) is 5.35. The van der Waals surface area contributed by atoms with Crippen LogP contribution in [-0.2, 0) is 0 Å². The molecule has 2 radical (unpaired) electrons. The zero-order valence-electron chi connectivity index (χ0n) is 10.1. The molecule has 0 aliphatic heterocycles. The summed E-state index contributed by atoms with van der Waals surface area (Å²) in [7, 11) is 5.54. The van der Waals surface area contributed by atoms with Crippen LogP contribution in [0, 0.1) is 13.8 Å². The highest BCUT2D eigenvalue weighted by molar-refractivity contribution is 6.07. The van der Waals surface area contributed by atoms with Gasteiger partial charge >= 0.3 is 0 Å². The standard InChI is InChI=1S/C10H9BN2O.C2H6/c1-6-4-3-5-8-9(6)12-7(2)13(11)10(8)14;1-2/h3-5H,1-2H3;1-2H3. The summed E-state index contributed by atoms with van der Waals surface area (Å²) >= 11 is 0. The van der Waals surface area contributed by atoms with Gasteiger partial charge in [-0.15, -0.1) is 0 Å². The number of fused-ring (bicyclic) bond motifs is 1. The van der Waals surface area contributed by atoms with Crippen molar-refractivity contribution < 1.29 is 0 Å². The number of benzene rings is 1. The van der Waals surface area contributed by atoms with E-state index in [0.29, 0.717) is 11.2 Å². The molecular weight excluding hydrogens is 199 g/mol. The molecule has 1 heterocycles. The average molecular weight is 214 g/mol. The molecule has 2 aromatic rings. The van der Waals surface area contributed by atoms with Gasteiger partial charge in [-0.05, 0) is 25.5 Å². The second-order valence-electron chi connectivity index (χ2n) is 3.31. The van der Waals surface area contributed by atoms with Gasteiger partial charge in [0.2, 0.25) is 13.5 Å². The Morgan fingerprint density at radius 2 is 1.88 bits per heavy atom. The minimum atomic E-state index is -0.198. The molecule has 0 atom stereocenters. The molecular formula is C12H15BN2O. The van der Waals surface area contributed by atoms with Gasteiger partial charge in [-0.1, -0.05) is 26.0 Å². The number of hydrogen-bond acceptors (Lipinski definition) is 2. The van der Waals surface area contributed by atoms with E-state index in [1.807, 2.05) is 32.9 Å². The maximum absolute atomic E-state index is 11.7. The van der Waals surface area contributed by atoms with E-state index in [-0.39, 0.29) is 5.56 Å². The van der Waals surface area contributed by atoms with E-state index >= 15 is 0 Å². The molecule has 2 rings (SSSR count). The summed E-state index contributed by atoms with van der Waals surface area (Å²) in [5.41, 5.74) is 1.52. The van der Waals surface area contributed by atoms with E-state index in [0.717, 1.165) is 15.6 Å². The fraction of sp³-hybridized carbons (Fsp3) is 0.333. The molecule has 0 amide bonds. The summed E-state index contributed by atoms with van der Waals surface area (Å²) < 4.78 is 1.07. The van der Waals surface area contributed by atoms with Gasteiger partial charge in [0.15, 0.2) is 0 Å². The summed E-state index contributed by atoms with van der Waals surface area (Å²) in [6.45, 7) is 7.64. The summed E-state index contributed by atoms with van der Waals surface area (Å²) in [6, 6.07) is 5.49. The molecule has 0 bridgehead atoms. The zero-order chi connectivity index (χ0) is 12.3. The number of rotatable bonds is 0. The van der Waals surface area contributed by atoms with Crippen LogP contribution >= 0.6 is 0 Å². The molecule has 0 aliphatic rings. The maximum Gasteiger partial charge on any atom is 0.248 e. The quantitative estimate of drug-likeness (QED) is 0.628. The molecule has 4 heteroatoms. The Bertz CT molecular complexity index is 561. The number of hydrogen-bond donors (Lipinski definition) is 0. The van der Waals surface area contributed by atoms with Crippen molar-refractivity contribution in [2.24, 2.45) is 0 Å². The summed E-state index contributed by atoms with van der Waals surface area (Å²) in [5, 5.41) is 0.568. The van der Waals surface area contributed by atoms with Crippen LogP contribution in [0.2, 0.25) is 0 Å². The van der Waals surface area contributed by atoms with Crippen LogP contribution in [-0.4, -0.2) is 17.4 Å². The van der Waals surface area contributed by atoms with Crippen LogP contribution in [0.25, 0.3) is 10.9 Å². The molecule has 0 aliphatic carbocycles. The van der Waals surface area contributed by atoms with Crippen LogP contribution in [0.4, 0.5) is 0 Å². The molecule has 16 heavy (non-hydrogen) atoms. The topological polar surface area (TPSA) is 34.9 Å². The number of para-hydroxylation sites is 1. The van der Waals surface area contributed by atoms with Crippen molar-refractivity contribution in [1.82, 2.24) is 9.46 Å². The van der Waals surface area contributed by atoms with Crippen LogP contribution < -0.4 is 5.56 Å². The van der Waals surface area contributed by atoms with E-state index in [9.17, 15) is 4.79 Å². The number of aromatic nitrogens is 2. The van der Waals surface area contributed by atoms with Gasteiger partial charge in [-0.3, -0.25) is 4.79 Å². The minimum absolute atomic E-state index is 0.198. The van der Waals surface area contributed by atoms with Crippen LogP contribution in [0.15, 0.2) is 23.0 Å². The fourth-order valence-corrected chi connectivity index (χ4v) is 1.47. The van der Waals surface area contributed by atoms with Crippen molar-refractivity contribution in [1.29, 1.82) is 0 Å². The Morgan fingerprint density at radius 1 is 1.25 bits per heavy atom. The Kier molecular flexibility index (Phi) is 3.88. The Morgan fingerprint density at radius 3 is 2.50 bits per heavy atom. The SMILES string of the molecule is CC.[B]n1c(C)nc2c(C)cccc2c1=O. The highest BCUT2D eigenvalue weighted by Gasteiger charge is 2.05. The summed E-state index contributed by atoms with van der Waals surface area (Å²) in [6.07, 6.45) is 0. The molecule has 82 valence electrons. The lowest BCUT2D eigenvalue weighted by molar-refractivity contribution is 0.984. The van der Waals surface area contributed by atoms with Crippen molar-refractivity contribution in [3.05, 3.63) is 39.9 Å². The van der Waals surface area contributed by atoms with Gasteiger partial charge in [0.25, 0.3) is 0 Å². The third kappa shape index (κ3) is 2.01. The molecule has 3 nitrogen and oxygen atoms in total. The van der Waals surface area contributed by atoms with Gasteiger partial charge in [0, 0.05) is 0 Å². The molecule has 0 N–H and O–H groups in total. The fourth-order valence-electron chi connectivity index (χ4n) is 1.47. The Balaban J connectivity index is 0.000000606. The predicted octanol–water partition coefficient (Wildman–Crippen LogP) is 1.97. The van der Waals surface area contributed by atoms with Gasteiger partial charge < -0.3 is 4.48 Å². The van der Waals surface area contributed by atoms with Crippen molar-refractivity contribution in [3.63, 3.8) is 0 Å². The van der Waals surface area contributed by atoms with E-state index in [4.69, 9.17) is 7.98 Å². The van der Waals surface area contributed by atoms with Crippen molar-refractivity contribution in [2.75, 3.05) is 0 Å². The molecule has 0 spiro atoms. The maximum atomic E-state index is 11.7. The largest absolute Gasteiger partial charge is 0.354 e. The van der Waals surface area contributed by atoms with Crippen molar-refractivity contribution in [3.8, 4) is 0 Å². The third-order valence-corrected chi connectivity index (χ3v) is 2.31. The van der Waals surface area contributed by atoms with Crippen LogP contribution in [0.5, 0.6) is 0 Å². The van der Waals surface area contributed by atoms with Crippen LogP contribution in [0.1, 0.15) is 25.2 Å². The molecule has 0 fully saturated rings. The third-order valence-electron chi connectivity index (χ3n) is 2.31. The lowest BCUT2D eigenvalue weighted by Crippen LogP contribution is -2.22. The minimum Gasteiger partial charge on any atom is -0.354 e. The lowest BCUT2D eigenvalue weighted by Gasteiger charge is -2.06. The van der Waals surface area contributed by atoms with Gasteiger partial charge in [-0.25, -0.2) is 4.98 Å². The smallest absolute Gasteiger partial charge is 0.248 e. The van der Waals surface area contributed by atoms with Crippen molar-refractivity contribution in [2.45, 2.75) is 27.7 Å². The Labute approximate surface area is 96.6 Å². The van der Waals surface area contributed by atoms with E-state index in [1.54, 1.807) is 13.0 Å². The highest BCUT2D eigenvalue weighted by Crippen LogP contribution is 2.11. The first kappa shape index (κ1) is 12.5. The molecule has 0 saturated heterocycles. The normalized spacial score (nSPS) is 9.75. The number of nitrogens with zero attached hydrogens (tertiary/aromatic N) is 2. The molecule has 0 saturated carbocycles. The van der Waals surface area contributed by atoms with Crippen LogP contribution in [0.3, 0.4) is 0 Å². The zero-order valence-corrected chi connectivity index (χ0v) is 10.1. The first-order valence-corrected chi connectivity index (χ1v) is 5.35. The van der Waals surface area contributed by atoms with E-state index in [2.05, 4.69) is 4.98 Å².